The number of rotatable bonds is 7. The average Bonchev–Trinajstić information content (AvgIpc) is 2.62. The minimum absolute atomic E-state index is 0.0960. The van der Waals surface area contributed by atoms with E-state index < -0.39 is 23.6 Å². The number of amides is 1. The molecule has 0 spiro atoms. The molecular weight excluding hydrogens is 389 g/mol. The fourth-order valence-electron chi connectivity index (χ4n) is 3.15. The van der Waals surface area contributed by atoms with Crippen LogP contribution in [0.1, 0.15) is 23.6 Å². The highest BCUT2D eigenvalue weighted by Crippen LogP contribution is 2.41. The average molecular weight is 410 g/mol. The van der Waals surface area contributed by atoms with Gasteiger partial charge >= 0.3 is 12.1 Å². The number of alkyl halides is 3. The smallest absolute Gasteiger partial charge is 0.416 e. The quantitative estimate of drug-likeness (QED) is 0.753. The normalized spacial score (nSPS) is 11.4. The molecule has 2 rings (SSSR count). The van der Waals surface area contributed by atoms with Gasteiger partial charge in [-0.3, -0.25) is 14.6 Å². The number of hydrogen-bond acceptors (Lipinski definition) is 4. The molecular formula is C20H21F3N2O4. The lowest BCUT2D eigenvalue weighted by Crippen LogP contribution is -2.35. The third-order valence-corrected chi connectivity index (χ3v) is 4.35. The van der Waals surface area contributed by atoms with Crippen molar-refractivity contribution in [3.8, 4) is 11.1 Å². The molecule has 0 atom stereocenters. The van der Waals surface area contributed by atoms with Gasteiger partial charge in [0.25, 0.3) is 5.91 Å². The lowest BCUT2D eigenvalue weighted by molar-refractivity contribution is -0.138. The lowest BCUT2D eigenvalue weighted by Gasteiger charge is -2.27. The summed E-state index contributed by atoms with van der Waals surface area (Å²) in [5.74, 6) is -1.55. The molecule has 6 nitrogen and oxygen atoms in total. The van der Waals surface area contributed by atoms with Crippen molar-refractivity contribution in [2.24, 2.45) is 0 Å². The van der Waals surface area contributed by atoms with Gasteiger partial charge in [-0.15, -0.1) is 0 Å². The van der Waals surface area contributed by atoms with Gasteiger partial charge in [-0.1, -0.05) is 6.07 Å². The highest BCUT2D eigenvalue weighted by atomic mass is 19.4. The molecule has 0 unspecified atom stereocenters. The monoisotopic (exact) mass is 410 g/mol. The number of carboxylic acid groups (broad SMARTS) is 1. The molecule has 0 saturated heterocycles. The number of carbonyl (C=O) groups is 2. The summed E-state index contributed by atoms with van der Waals surface area (Å²) < 4.78 is 45.3. The first kappa shape index (κ1) is 22.4. The molecule has 0 saturated carbocycles. The Morgan fingerprint density at radius 1 is 1.24 bits per heavy atom. The summed E-state index contributed by atoms with van der Waals surface area (Å²) in [4.78, 5) is 28.7. The van der Waals surface area contributed by atoms with Crippen LogP contribution in [0.3, 0.4) is 0 Å². The Morgan fingerprint density at radius 2 is 1.93 bits per heavy atom. The third-order valence-electron chi connectivity index (χ3n) is 4.35. The summed E-state index contributed by atoms with van der Waals surface area (Å²) in [7, 11) is 1.32. The van der Waals surface area contributed by atoms with Crippen molar-refractivity contribution in [1.82, 2.24) is 4.98 Å². The molecule has 0 aliphatic carbocycles. The van der Waals surface area contributed by atoms with Crippen LogP contribution in [0.5, 0.6) is 0 Å². The molecule has 1 amide bonds. The summed E-state index contributed by atoms with van der Waals surface area (Å²) in [6.07, 6.45) is -2.08. The van der Waals surface area contributed by atoms with Gasteiger partial charge < -0.3 is 14.7 Å². The van der Waals surface area contributed by atoms with Crippen LogP contribution in [0.15, 0.2) is 30.6 Å². The highest BCUT2D eigenvalue weighted by molar-refractivity contribution is 5.99. The molecule has 2 aromatic rings. The van der Waals surface area contributed by atoms with Crippen LogP contribution < -0.4 is 4.90 Å². The first-order valence-corrected chi connectivity index (χ1v) is 8.76. The SMILES string of the molecule is CCN(C(=O)COC)c1c(-c2cncc(CC(=O)O)c2)ccc(C(F)(F)F)c1C. The zero-order valence-corrected chi connectivity index (χ0v) is 16.2. The number of halogens is 3. The molecule has 0 fully saturated rings. The second kappa shape index (κ2) is 9.04. The Bertz CT molecular complexity index is 913. The van der Waals surface area contributed by atoms with Gasteiger partial charge in [0.05, 0.1) is 17.7 Å². The van der Waals surface area contributed by atoms with Crippen LogP contribution in [0, 0.1) is 6.92 Å². The fraction of sp³-hybridized carbons (Fsp3) is 0.350. The van der Waals surface area contributed by atoms with Crippen molar-refractivity contribution in [2.75, 3.05) is 25.2 Å². The molecule has 0 aliphatic heterocycles. The molecule has 0 aliphatic rings. The lowest BCUT2D eigenvalue weighted by atomic mass is 9.95. The van der Waals surface area contributed by atoms with Gasteiger partial charge in [0.1, 0.15) is 6.61 Å². The summed E-state index contributed by atoms with van der Waals surface area (Å²) in [6.45, 7) is 2.79. The fourth-order valence-corrected chi connectivity index (χ4v) is 3.15. The minimum Gasteiger partial charge on any atom is -0.481 e. The number of aromatic nitrogens is 1. The van der Waals surface area contributed by atoms with E-state index in [4.69, 9.17) is 9.84 Å². The first-order valence-electron chi connectivity index (χ1n) is 8.76. The van der Waals surface area contributed by atoms with Gasteiger partial charge in [-0.2, -0.15) is 13.2 Å². The maximum absolute atomic E-state index is 13.5. The van der Waals surface area contributed by atoms with E-state index in [-0.39, 0.29) is 30.8 Å². The van der Waals surface area contributed by atoms with Gasteiger partial charge in [-0.05, 0) is 37.1 Å². The first-order chi connectivity index (χ1) is 13.6. The van der Waals surface area contributed by atoms with Crippen LogP contribution in [0.25, 0.3) is 11.1 Å². The number of ether oxygens (including phenoxy) is 1. The summed E-state index contributed by atoms with van der Waals surface area (Å²) in [6, 6.07) is 3.77. The Balaban J connectivity index is 2.74. The topological polar surface area (TPSA) is 79.7 Å². The predicted molar refractivity (Wildman–Crippen MR) is 101 cm³/mol. The van der Waals surface area contributed by atoms with Crippen molar-refractivity contribution in [1.29, 1.82) is 0 Å². The highest BCUT2D eigenvalue weighted by Gasteiger charge is 2.35. The van der Waals surface area contributed by atoms with E-state index in [1.807, 2.05) is 0 Å². The van der Waals surface area contributed by atoms with Gasteiger partial charge in [0, 0.05) is 37.2 Å². The van der Waals surface area contributed by atoms with E-state index in [9.17, 15) is 22.8 Å². The van der Waals surface area contributed by atoms with Crippen molar-refractivity contribution < 1.29 is 32.6 Å². The number of carbonyl (C=O) groups excluding carboxylic acids is 1. The number of carboxylic acids is 1. The van der Waals surface area contributed by atoms with Crippen LogP contribution in [-0.2, 0) is 26.9 Å². The van der Waals surface area contributed by atoms with Gasteiger partial charge in [-0.25, -0.2) is 0 Å². The molecule has 156 valence electrons. The molecule has 1 aromatic carbocycles. The number of pyridine rings is 1. The van der Waals surface area contributed by atoms with E-state index in [1.54, 1.807) is 13.0 Å². The number of likely N-dealkylation sites (N-methyl/N-ethyl adjacent to an activating group) is 1. The Hall–Kier alpha value is -2.94. The molecule has 1 N–H and O–H groups in total. The van der Waals surface area contributed by atoms with E-state index in [1.165, 1.54) is 37.4 Å². The van der Waals surface area contributed by atoms with Crippen LogP contribution >= 0.6 is 0 Å². The summed E-state index contributed by atoms with van der Waals surface area (Å²) >= 11 is 0. The standard InChI is InChI=1S/C20H21F3N2O4/c1-4-25(17(26)11-29-3)19-12(2)16(20(21,22)23)6-5-15(19)14-7-13(8-18(27)28)9-24-10-14/h5-7,9-10H,4,8,11H2,1-3H3,(H,27,28). The van der Waals surface area contributed by atoms with Crippen LogP contribution in [0.2, 0.25) is 0 Å². The maximum atomic E-state index is 13.5. The number of methoxy groups -OCH3 is 1. The molecule has 0 radical (unpaired) electrons. The predicted octanol–water partition coefficient (Wildman–Crippen LogP) is 3.70. The molecule has 9 heteroatoms. The van der Waals surface area contributed by atoms with E-state index >= 15 is 0 Å². The largest absolute Gasteiger partial charge is 0.481 e. The van der Waals surface area contributed by atoms with Crippen molar-refractivity contribution >= 4 is 17.6 Å². The van der Waals surface area contributed by atoms with Gasteiger partial charge in [0.15, 0.2) is 0 Å². The second-order valence-electron chi connectivity index (χ2n) is 6.36. The van der Waals surface area contributed by atoms with Crippen LogP contribution in [-0.4, -0.2) is 42.2 Å². The van der Waals surface area contributed by atoms with Crippen molar-refractivity contribution in [3.05, 3.63) is 47.3 Å². The van der Waals surface area contributed by atoms with E-state index in [0.29, 0.717) is 16.7 Å². The van der Waals surface area contributed by atoms with E-state index in [2.05, 4.69) is 4.98 Å². The zero-order valence-electron chi connectivity index (χ0n) is 16.2. The Morgan fingerprint density at radius 3 is 2.48 bits per heavy atom. The van der Waals surface area contributed by atoms with E-state index in [0.717, 1.165) is 6.07 Å². The number of aliphatic carboxylic acids is 1. The summed E-state index contributed by atoms with van der Waals surface area (Å²) in [5.41, 5.74) is 0.295. The number of nitrogens with zero attached hydrogens (tertiary/aromatic N) is 2. The van der Waals surface area contributed by atoms with Crippen molar-refractivity contribution in [3.63, 3.8) is 0 Å². The zero-order chi connectivity index (χ0) is 21.8. The number of hydrogen-bond donors (Lipinski definition) is 1. The second-order valence-corrected chi connectivity index (χ2v) is 6.36. The Labute approximate surface area is 165 Å². The number of benzene rings is 1. The third kappa shape index (κ3) is 5.11. The molecule has 1 heterocycles. The van der Waals surface area contributed by atoms with Crippen LogP contribution in [0.4, 0.5) is 18.9 Å². The maximum Gasteiger partial charge on any atom is 0.416 e. The molecule has 0 bridgehead atoms. The molecule has 29 heavy (non-hydrogen) atoms. The molecule has 1 aromatic heterocycles. The summed E-state index contributed by atoms with van der Waals surface area (Å²) in [5, 5.41) is 8.99. The number of anilines is 1. The Kier molecular flexibility index (Phi) is 6.97. The minimum atomic E-state index is -4.59. The van der Waals surface area contributed by atoms with Gasteiger partial charge in [0.2, 0.25) is 0 Å². The van der Waals surface area contributed by atoms with Crippen molar-refractivity contribution in [2.45, 2.75) is 26.4 Å².